The third-order valence-electron chi connectivity index (χ3n) is 4.49. The number of hydrogen-bond acceptors (Lipinski definition) is 6. The standard InChI is InChI=1S/C22H23N3O5S/c1-29-18-10-11-21(30-2)20(13-18)25(31(27,28)19-8-4-3-5-9-19)16-22(26)24-15-17-7-6-12-23-14-17/h3-14H,15-16H2,1-2H3,(H,24,26). The first-order valence-corrected chi connectivity index (χ1v) is 10.8. The molecule has 0 unspecified atom stereocenters. The van der Waals surface area contributed by atoms with E-state index in [9.17, 15) is 13.2 Å². The smallest absolute Gasteiger partial charge is 0.264 e. The van der Waals surface area contributed by atoms with Crippen molar-refractivity contribution in [3.8, 4) is 11.5 Å². The molecule has 9 heteroatoms. The Morgan fingerprint density at radius 3 is 2.45 bits per heavy atom. The van der Waals surface area contributed by atoms with Crippen LogP contribution in [0.15, 0.2) is 78.0 Å². The van der Waals surface area contributed by atoms with Gasteiger partial charge in [0.15, 0.2) is 0 Å². The summed E-state index contributed by atoms with van der Waals surface area (Å²) >= 11 is 0. The lowest BCUT2D eigenvalue weighted by molar-refractivity contribution is -0.119. The van der Waals surface area contributed by atoms with Gasteiger partial charge in [-0.05, 0) is 35.9 Å². The minimum atomic E-state index is -4.07. The second kappa shape index (κ2) is 9.94. The van der Waals surface area contributed by atoms with Crippen molar-refractivity contribution in [3.05, 3.63) is 78.6 Å². The van der Waals surface area contributed by atoms with Gasteiger partial charge < -0.3 is 14.8 Å². The lowest BCUT2D eigenvalue weighted by Crippen LogP contribution is -2.40. The Labute approximate surface area is 181 Å². The van der Waals surface area contributed by atoms with Crippen molar-refractivity contribution in [2.45, 2.75) is 11.4 Å². The van der Waals surface area contributed by atoms with Crippen molar-refractivity contribution in [3.63, 3.8) is 0 Å². The number of anilines is 1. The molecular formula is C22H23N3O5S. The molecule has 1 N–H and O–H groups in total. The molecule has 1 aromatic heterocycles. The minimum Gasteiger partial charge on any atom is -0.497 e. The van der Waals surface area contributed by atoms with Gasteiger partial charge >= 0.3 is 0 Å². The molecule has 31 heavy (non-hydrogen) atoms. The van der Waals surface area contributed by atoms with E-state index in [4.69, 9.17) is 9.47 Å². The summed E-state index contributed by atoms with van der Waals surface area (Å²) in [5.74, 6) is 0.244. The van der Waals surface area contributed by atoms with Gasteiger partial charge in [0.25, 0.3) is 10.0 Å². The van der Waals surface area contributed by atoms with Crippen LogP contribution >= 0.6 is 0 Å². The van der Waals surface area contributed by atoms with Gasteiger partial charge in [0.2, 0.25) is 5.91 Å². The van der Waals surface area contributed by atoms with Crippen LogP contribution in [0.1, 0.15) is 5.56 Å². The van der Waals surface area contributed by atoms with E-state index < -0.39 is 22.5 Å². The maximum absolute atomic E-state index is 13.4. The third-order valence-corrected chi connectivity index (χ3v) is 6.26. The number of amides is 1. The highest BCUT2D eigenvalue weighted by Crippen LogP contribution is 2.35. The largest absolute Gasteiger partial charge is 0.497 e. The normalized spacial score (nSPS) is 10.9. The summed E-state index contributed by atoms with van der Waals surface area (Å²) in [6.45, 7) is -0.220. The van der Waals surface area contributed by atoms with Crippen molar-refractivity contribution in [1.29, 1.82) is 0 Å². The number of ether oxygens (including phenoxy) is 2. The van der Waals surface area contributed by atoms with Crippen LogP contribution in [0.2, 0.25) is 0 Å². The Morgan fingerprint density at radius 1 is 1.03 bits per heavy atom. The highest BCUT2D eigenvalue weighted by Gasteiger charge is 2.29. The zero-order chi connectivity index (χ0) is 22.3. The number of aromatic nitrogens is 1. The van der Waals surface area contributed by atoms with E-state index in [0.717, 1.165) is 9.87 Å². The number of carbonyl (C=O) groups excluding carboxylic acids is 1. The molecule has 0 aliphatic carbocycles. The van der Waals surface area contributed by atoms with Gasteiger partial charge in [0, 0.05) is 25.0 Å². The highest BCUT2D eigenvalue weighted by molar-refractivity contribution is 7.92. The molecule has 3 aromatic rings. The van der Waals surface area contributed by atoms with Gasteiger partial charge in [0.1, 0.15) is 18.0 Å². The van der Waals surface area contributed by atoms with Crippen LogP contribution in [0.5, 0.6) is 11.5 Å². The Balaban J connectivity index is 1.96. The lowest BCUT2D eigenvalue weighted by Gasteiger charge is -2.26. The van der Waals surface area contributed by atoms with Crippen molar-refractivity contribution >= 4 is 21.6 Å². The van der Waals surface area contributed by atoms with Crippen molar-refractivity contribution in [2.24, 2.45) is 0 Å². The fraction of sp³-hybridized carbons (Fsp3) is 0.182. The summed E-state index contributed by atoms with van der Waals surface area (Å²) in [6.07, 6.45) is 3.26. The van der Waals surface area contributed by atoms with Crippen LogP contribution in [0.3, 0.4) is 0 Å². The SMILES string of the molecule is COc1ccc(OC)c(N(CC(=O)NCc2cccnc2)S(=O)(=O)c2ccccc2)c1. The topological polar surface area (TPSA) is 97.8 Å². The first kappa shape index (κ1) is 22.1. The Bertz CT molecular complexity index is 1120. The molecule has 0 radical (unpaired) electrons. The monoisotopic (exact) mass is 441 g/mol. The molecular weight excluding hydrogens is 418 g/mol. The van der Waals surface area contributed by atoms with E-state index in [1.54, 1.807) is 48.8 Å². The number of nitrogens with one attached hydrogen (secondary N) is 1. The molecule has 3 rings (SSSR count). The second-order valence-corrected chi connectivity index (χ2v) is 8.36. The summed E-state index contributed by atoms with van der Waals surface area (Å²) in [7, 11) is -1.16. The number of sulfonamides is 1. The van der Waals surface area contributed by atoms with Crippen LogP contribution in [-0.4, -0.2) is 40.1 Å². The molecule has 1 amide bonds. The van der Waals surface area contributed by atoms with E-state index in [0.29, 0.717) is 11.5 Å². The van der Waals surface area contributed by atoms with E-state index in [1.165, 1.54) is 32.4 Å². The fourth-order valence-corrected chi connectivity index (χ4v) is 4.35. The maximum Gasteiger partial charge on any atom is 0.264 e. The zero-order valence-electron chi connectivity index (χ0n) is 17.2. The molecule has 0 fully saturated rings. The molecule has 2 aromatic carbocycles. The molecule has 0 bridgehead atoms. The Hall–Kier alpha value is -3.59. The van der Waals surface area contributed by atoms with Gasteiger partial charge in [-0.2, -0.15) is 0 Å². The average molecular weight is 442 g/mol. The van der Waals surface area contributed by atoms with Crippen LogP contribution < -0.4 is 19.1 Å². The average Bonchev–Trinajstić information content (AvgIpc) is 2.82. The third kappa shape index (κ3) is 5.32. The number of benzene rings is 2. The van der Waals surface area contributed by atoms with Gasteiger partial charge in [-0.1, -0.05) is 24.3 Å². The van der Waals surface area contributed by atoms with Gasteiger partial charge in [-0.3, -0.25) is 14.1 Å². The van der Waals surface area contributed by atoms with E-state index in [1.807, 2.05) is 6.07 Å². The summed E-state index contributed by atoms with van der Waals surface area (Å²) in [4.78, 5) is 16.8. The summed E-state index contributed by atoms with van der Waals surface area (Å²) in [6, 6.07) is 16.3. The molecule has 0 aliphatic rings. The van der Waals surface area contributed by atoms with E-state index in [2.05, 4.69) is 10.3 Å². The molecule has 0 saturated carbocycles. The molecule has 1 heterocycles. The molecule has 8 nitrogen and oxygen atoms in total. The lowest BCUT2D eigenvalue weighted by atomic mass is 10.2. The molecule has 162 valence electrons. The molecule has 0 atom stereocenters. The molecule has 0 spiro atoms. The minimum absolute atomic E-state index is 0.0555. The molecule has 0 saturated heterocycles. The predicted molar refractivity (Wildman–Crippen MR) is 117 cm³/mol. The number of hydrogen-bond donors (Lipinski definition) is 1. The predicted octanol–water partition coefficient (Wildman–Crippen LogP) is 2.61. The maximum atomic E-state index is 13.4. The van der Waals surface area contributed by atoms with E-state index >= 15 is 0 Å². The number of pyridine rings is 1. The summed E-state index contributed by atoms with van der Waals surface area (Å²) in [5.41, 5.74) is 0.995. The van der Waals surface area contributed by atoms with E-state index in [-0.39, 0.29) is 17.1 Å². The van der Waals surface area contributed by atoms with Crippen LogP contribution in [0, 0.1) is 0 Å². The number of methoxy groups -OCH3 is 2. The quantitative estimate of drug-likeness (QED) is 0.548. The Morgan fingerprint density at radius 2 is 1.81 bits per heavy atom. The zero-order valence-corrected chi connectivity index (χ0v) is 18.0. The summed E-state index contributed by atoms with van der Waals surface area (Å²) in [5, 5.41) is 2.73. The number of carbonyl (C=O) groups is 1. The Kier molecular flexibility index (Phi) is 7.09. The van der Waals surface area contributed by atoms with Gasteiger partial charge in [0.05, 0.1) is 24.8 Å². The number of rotatable bonds is 9. The highest BCUT2D eigenvalue weighted by atomic mass is 32.2. The van der Waals surface area contributed by atoms with Crippen LogP contribution in [0.25, 0.3) is 0 Å². The van der Waals surface area contributed by atoms with Crippen LogP contribution in [-0.2, 0) is 21.4 Å². The first-order chi connectivity index (χ1) is 15.0. The second-order valence-electron chi connectivity index (χ2n) is 6.50. The van der Waals surface area contributed by atoms with Gasteiger partial charge in [-0.15, -0.1) is 0 Å². The molecule has 0 aliphatic heterocycles. The van der Waals surface area contributed by atoms with Crippen LogP contribution in [0.4, 0.5) is 5.69 Å². The van der Waals surface area contributed by atoms with Gasteiger partial charge in [-0.25, -0.2) is 8.42 Å². The fourth-order valence-electron chi connectivity index (χ4n) is 2.90. The number of nitrogens with zero attached hydrogens (tertiary/aromatic N) is 2. The first-order valence-electron chi connectivity index (χ1n) is 9.41. The van der Waals surface area contributed by atoms with Crippen molar-refractivity contribution in [2.75, 3.05) is 25.1 Å². The summed E-state index contributed by atoms with van der Waals surface area (Å²) < 4.78 is 38.5. The van der Waals surface area contributed by atoms with Crippen molar-refractivity contribution in [1.82, 2.24) is 10.3 Å². The van der Waals surface area contributed by atoms with Crippen molar-refractivity contribution < 1.29 is 22.7 Å².